The number of carbonyl (C=O) groups is 1. The Labute approximate surface area is 214 Å². The Kier molecular flexibility index (Phi) is 7.03. The molecular formula is C33H34O3. The Morgan fingerprint density at radius 3 is 1.14 bits per heavy atom. The lowest BCUT2D eigenvalue weighted by Crippen LogP contribution is -2.16. The molecule has 0 fully saturated rings. The monoisotopic (exact) mass is 478 g/mol. The average Bonchev–Trinajstić information content (AvgIpc) is 2.84. The molecule has 0 aliphatic carbocycles. The van der Waals surface area contributed by atoms with Crippen LogP contribution in [0.4, 0.5) is 4.79 Å². The van der Waals surface area contributed by atoms with Crippen molar-refractivity contribution in [1.82, 2.24) is 0 Å². The zero-order valence-electron chi connectivity index (χ0n) is 22.0. The van der Waals surface area contributed by atoms with Gasteiger partial charge in [-0.3, -0.25) is 0 Å². The summed E-state index contributed by atoms with van der Waals surface area (Å²) >= 11 is 0. The molecule has 0 amide bonds. The molecule has 3 nitrogen and oxygen atoms in total. The second-order valence-electron chi connectivity index (χ2n) is 11.0. The summed E-state index contributed by atoms with van der Waals surface area (Å²) in [5, 5.41) is 0. The van der Waals surface area contributed by atoms with E-state index in [0.717, 1.165) is 22.3 Å². The van der Waals surface area contributed by atoms with E-state index in [0.29, 0.717) is 11.5 Å². The van der Waals surface area contributed by atoms with Crippen LogP contribution in [0, 0.1) is 0 Å². The van der Waals surface area contributed by atoms with Gasteiger partial charge in [-0.1, -0.05) is 126 Å². The second kappa shape index (κ2) is 10.0. The first kappa shape index (κ1) is 25.2. The van der Waals surface area contributed by atoms with Gasteiger partial charge in [0.1, 0.15) is 11.5 Å². The van der Waals surface area contributed by atoms with Crippen molar-refractivity contribution in [3.05, 3.63) is 108 Å². The predicted molar refractivity (Wildman–Crippen MR) is 148 cm³/mol. The fraction of sp³-hybridized carbons (Fsp3) is 0.242. The number of rotatable bonds is 4. The van der Waals surface area contributed by atoms with Crippen LogP contribution < -0.4 is 9.47 Å². The van der Waals surface area contributed by atoms with Crippen molar-refractivity contribution >= 4 is 6.16 Å². The van der Waals surface area contributed by atoms with Crippen molar-refractivity contribution < 1.29 is 14.3 Å². The highest BCUT2D eigenvalue weighted by Crippen LogP contribution is 2.39. The van der Waals surface area contributed by atoms with Gasteiger partial charge in [-0.15, -0.1) is 0 Å². The lowest BCUT2D eigenvalue weighted by atomic mass is 9.82. The lowest BCUT2D eigenvalue weighted by molar-refractivity contribution is 0.152. The third kappa shape index (κ3) is 5.52. The van der Waals surface area contributed by atoms with Crippen molar-refractivity contribution in [2.75, 3.05) is 0 Å². The first-order valence-electron chi connectivity index (χ1n) is 12.3. The minimum absolute atomic E-state index is 0.0659. The molecule has 0 heterocycles. The minimum Gasteiger partial charge on any atom is -0.394 e. The maximum atomic E-state index is 13.1. The fourth-order valence-electron chi connectivity index (χ4n) is 4.50. The molecular weight excluding hydrogens is 444 g/mol. The van der Waals surface area contributed by atoms with Crippen LogP contribution in [-0.4, -0.2) is 6.16 Å². The van der Waals surface area contributed by atoms with Crippen LogP contribution in [0.15, 0.2) is 97.1 Å². The number of carbonyl (C=O) groups excluding carboxylic acids is 1. The van der Waals surface area contributed by atoms with Gasteiger partial charge >= 0.3 is 6.16 Å². The van der Waals surface area contributed by atoms with E-state index < -0.39 is 6.16 Å². The topological polar surface area (TPSA) is 35.5 Å². The summed E-state index contributed by atoms with van der Waals surface area (Å²) in [6.07, 6.45) is -0.767. The molecule has 0 aromatic heterocycles. The van der Waals surface area contributed by atoms with Gasteiger partial charge in [0, 0.05) is 11.1 Å². The lowest BCUT2D eigenvalue weighted by Gasteiger charge is -2.24. The number of hydrogen-bond donors (Lipinski definition) is 0. The highest BCUT2D eigenvalue weighted by atomic mass is 16.7. The van der Waals surface area contributed by atoms with Gasteiger partial charge in [-0.2, -0.15) is 0 Å². The van der Waals surface area contributed by atoms with Gasteiger partial charge in [-0.05, 0) is 45.2 Å². The summed E-state index contributed by atoms with van der Waals surface area (Å²) in [6.45, 7) is 13.1. The van der Waals surface area contributed by atoms with Gasteiger partial charge in [0.05, 0.1) is 0 Å². The summed E-state index contributed by atoms with van der Waals surface area (Å²) in [5.74, 6) is 0.929. The average molecular weight is 479 g/mol. The van der Waals surface area contributed by atoms with Crippen molar-refractivity contribution in [3.63, 3.8) is 0 Å². The summed E-state index contributed by atoms with van der Waals surface area (Å²) < 4.78 is 11.6. The Hall–Kier alpha value is -3.85. The predicted octanol–water partition coefficient (Wildman–Crippen LogP) is 9.19. The highest BCUT2D eigenvalue weighted by Gasteiger charge is 2.23. The maximum Gasteiger partial charge on any atom is 0.519 e. The van der Waals surface area contributed by atoms with Crippen LogP contribution >= 0.6 is 0 Å². The molecule has 36 heavy (non-hydrogen) atoms. The van der Waals surface area contributed by atoms with Crippen molar-refractivity contribution in [1.29, 1.82) is 0 Å². The number of benzene rings is 4. The van der Waals surface area contributed by atoms with Gasteiger partial charge in [0.2, 0.25) is 0 Å². The Balaban J connectivity index is 1.66. The molecule has 4 aromatic carbocycles. The molecule has 0 bridgehead atoms. The van der Waals surface area contributed by atoms with Crippen LogP contribution in [0.1, 0.15) is 52.7 Å². The van der Waals surface area contributed by atoms with Crippen LogP contribution in [0.2, 0.25) is 0 Å². The standard InChI is InChI=1S/C33H34O3/c1-32(2,3)27-19-11-7-15-23(27)25-17-9-13-21-29(25)35-31(34)36-30-22-14-10-18-26(30)24-16-8-12-20-28(24)33(4,5)6/h7-22H,1-6H3. The molecule has 184 valence electrons. The van der Waals surface area contributed by atoms with Gasteiger partial charge in [-0.25, -0.2) is 4.79 Å². The molecule has 4 aromatic rings. The van der Waals surface area contributed by atoms with E-state index >= 15 is 0 Å². The number of ether oxygens (including phenoxy) is 2. The molecule has 0 atom stereocenters. The minimum atomic E-state index is -0.767. The highest BCUT2D eigenvalue weighted by molar-refractivity contribution is 5.80. The third-order valence-corrected chi connectivity index (χ3v) is 6.21. The van der Waals surface area contributed by atoms with E-state index in [1.165, 1.54) is 11.1 Å². The van der Waals surface area contributed by atoms with E-state index in [1.54, 1.807) is 12.1 Å². The first-order valence-corrected chi connectivity index (χ1v) is 12.3. The van der Waals surface area contributed by atoms with Crippen LogP contribution in [0.3, 0.4) is 0 Å². The third-order valence-electron chi connectivity index (χ3n) is 6.21. The zero-order chi connectivity index (χ0) is 25.9. The molecule has 0 saturated heterocycles. The molecule has 0 spiro atoms. The molecule has 0 saturated carbocycles. The smallest absolute Gasteiger partial charge is 0.394 e. The van der Waals surface area contributed by atoms with Crippen molar-refractivity contribution in [2.24, 2.45) is 0 Å². The number of para-hydroxylation sites is 2. The largest absolute Gasteiger partial charge is 0.519 e. The van der Waals surface area contributed by atoms with Crippen molar-refractivity contribution in [3.8, 4) is 33.8 Å². The van der Waals surface area contributed by atoms with E-state index in [2.05, 4.69) is 65.8 Å². The summed E-state index contributed by atoms with van der Waals surface area (Å²) in [7, 11) is 0. The normalized spacial score (nSPS) is 11.7. The summed E-state index contributed by atoms with van der Waals surface area (Å²) in [5.41, 5.74) is 6.00. The van der Waals surface area contributed by atoms with E-state index in [4.69, 9.17) is 9.47 Å². The van der Waals surface area contributed by atoms with E-state index in [-0.39, 0.29) is 10.8 Å². The Bertz CT molecular complexity index is 1270. The number of hydrogen-bond acceptors (Lipinski definition) is 3. The summed E-state index contributed by atoms with van der Waals surface area (Å²) in [4.78, 5) is 13.1. The maximum absolute atomic E-state index is 13.1. The molecule has 0 aliphatic rings. The Morgan fingerprint density at radius 2 is 0.778 bits per heavy atom. The quantitative estimate of drug-likeness (QED) is 0.217. The SMILES string of the molecule is CC(C)(C)c1ccccc1-c1ccccc1OC(=O)Oc1ccccc1-c1ccccc1C(C)(C)C. The zero-order valence-corrected chi connectivity index (χ0v) is 22.0. The molecule has 4 rings (SSSR count). The van der Waals surface area contributed by atoms with Crippen LogP contribution in [0.5, 0.6) is 11.5 Å². The van der Waals surface area contributed by atoms with Gasteiger partial charge in [0.25, 0.3) is 0 Å². The van der Waals surface area contributed by atoms with Crippen molar-refractivity contribution in [2.45, 2.75) is 52.4 Å². The van der Waals surface area contributed by atoms with Gasteiger partial charge in [0.15, 0.2) is 0 Å². The van der Waals surface area contributed by atoms with Gasteiger partial charge < -0.3 is 9.47 Å². The van der Waals surface area contributed by atoms with Crippen LogP contribution in [-0.2, 0) is 10.8 Å². The summed E-state index contributed by atoms with van der Waals surface area (Å²) in [6, 6.07) is 31.6. The molecule has 0 radical (unpaired) electrons. The fourth-order valence-corrected chi connectivity index (χ4v) is 4.50. The first-order chi connectivity index (χ1) is 17.1. The Morgan fingerprint density at radius 1 is 0.472 bits per heavy atom. The van der Waals surface area contributed by atoms with E-state index in [9.17, 15) is 4.79 Å². The molecule has 3 heteroatoms. The van der Waals surface area contributed by atoms with E-state index in [1.807, 2.05) is 60.7 Å². The second-order valence-corrected chi connectivity index (χ2v) is 11.0. The molecule has 0 unspecified atom stereocenters. The van der Waals surface area contributed by atoms with Crippen LogP contribution in [0.25, 0.3) is 22.3 Å². The molecule has 0 aliphatic heterocycles. The molecule has 0 N–H and O–H groups in total.